The second-order valence-corrected chi connectivity index (χ2v) is 38.7. The Morgan fingerprint density at radius 3 is 0.860 bits per heavy atom. The Morgan fingerprint density at radius 2 is 0.420 bits per heavy atom. The highest BCUT2D eigenvalue weighted by molar-refractivity contribution is 6.19. The molecule has 0 N–H and O–H groups in total. The van der Waals surface area contributed by atoms with Crippen LogP contribution in [-0.4, -0.2) is 13.7 Å². The molecule has 150 heavy (non-hydrogen) atoms. The first kappa shape index (κ1) is 87.7. The number of benzene rings is 25. The first-order chi connectivity index (χ1) is 74.3. The number of nitrogens with zero attached hydrogens (tertiary/aromatic N) is 6. The molecule has 5 heterocycles. The second-order valence-electron chi connectivity index (χ2n) is 38.7. The van der Waals surface area contributed by atoms with Gasteiger partial charge < -0.3 is 37.2 Å². The van der Waals surface area contributed by atoms with Gasteiger partial charge in [-0.15, -0.1) is 0 Å². The van der Waals surface area contributed by atoms with Crippen LogP contribution in [0.25, 0.3) is 214 Å². The van der Waals surface area contributed by atoms with Crippen LogP contribution in [0.5, 0.6) is 0 Å². The molecule has 0 spiro atoms. The Bertz CT molecular complexity index is 10400. The van der Waals surface area contributed by atoms with Crippen LogP contribution >= 0.6 is 0 Å². The molecule has 25 aromatic carbocycles. The van der Waals surface area contributed by atoms with Crippen molar-refractivity contribution in [2.45, 2.75) is 0 Å². The molecule has 0 bridgehead atoms. The summed E-state index contributed by atoms with van der Waals surface area (Å²) in [6.07, 6.45) is 0. The van der Waals surface area contributed by atoms with E-state index in [-0.39, 0.29) is 0 Å². The van der Waals surface area contributed by atoms with Crippen molar-refractivity contribution in [1.29, 1.82) is 0 Å². The molecule has 30 aromatic rings. The largest absolute Gasteiger partial charge is 0.456 e. The van der Waals surface area contributed by atoms with Crippen LogP contribution in [0.4, 0.5) is 51.2 Å². The van der Waals surface area contributed by atoms with Crippen molar-refractivity contribution >= 4 is 204 Å². The number of hydrogen-bond acceptors (Lipinski definition) is 5. The van der Waals surface area contributed by atoms with Crippen molar-refractivity contribution in [3.05, 3.63) is 570 Å². The maximum atomic E-state index is 6.44. The van der Waals surface area contributed by atoms with Crippen LogP contribution in [0, 0.1) is 0 Å². The maximum absolute atomic E-state index is 6.44. The fourth-order valence-electron chi connectivity index (χ4n) is 22.7. The van der Waals surface area contributed by atoms with E-state index in [0.29, 0.717) is 0 Å². The minimum absolute atomic E-state index is 0.867. The molecule has 704 valence electrons. The summed E-state index contributed by atoms with van der Waals surface area (Å²) >= 11 is 0. The van der Waals surface area contributed by atoms with Crippen LogP contribution < -0.4 is 14.7 Å². The minimum atomic E-state index is 0.867. The quantitative estimate of drug-likeness (QED) is 0.0965. The minimum Gasteiger partial charge on any atom is -0.456 e. The van der Waals surface area contributed by atoms with E-state index in [1.165, 1.54) is 136 Å². The van der Waals surface area contributed by atoms with Crippen LogP contribution in [0.1, 0.15) is 0 Å². The Balaban J connectivity index is 0.000000108. The van der Waals surface area contributed by atoms with Gasteiger partial charge in [0, 0.05) is 134 Å². The Morgan fingerprint density at radius 1 is 0.133 bits per heavy atom. The van der Waals surface area contributed by atoms with Crippen molar-refractivity contribution < 1.29 is 8.83 Å². The summed E-state index contributed by atoms with van der Waals surface area (Å²) in [6.45, 7) is 0. The summed E-state index contributed by atoms with van der Waals surface area (Å²) in [5, 5.41) is 21.8. The maximum Gasteiger partial charge on any atom is 0.137 e. The lowest BCUT2D eigenvalue weighted by Gasteiger charge is -2.28. The lowest BCUT2D eigenvalue weighted by molar-refractivity contribution is 0.668. The third kappa shape index (κ3) is 15.8. The molecule has 0 saturated heterocycles. The zero-order chi connectivity index (χ0) is 99.1. The van der Waals surface area contributed by atoms with E-state index in [9.17, 15) is 0 Å². The summed E-state index contributed by atoms with van der Waals surface area (Å²) in [6, 6.07) is 205. The third-order valence-electron chi connectivity index (χ3n) is 29.8. The number of fused-ring (bicyclic) bond motifs is 19. The highest BCUT2D eigenvalue weighted by Crippen LogP contribution is 2.50. The molecule has 0 aliphatic carbocycles. The van der Waals surface area contributed by atoms with Crippen molar-refractivity contribution in [3.8, 4) is 61.6 Å². The molecule has 0 saturated carbocycles. The Labute approximate surface area is 866 Å². The molecule has 0 fully saturated rings. The van der Waals surface area contributed by atoms with Gasteiger partial charge in [-0.25, -0.2) is 0 Å². The van der Waals surface area contributed by atoms with Gasteiger partial charge >= 0.3 is 0 Å². The number of rotatable bonds is 16. The van der Waals surface area contributed by atoms with E-state index in [1.807, 2.05) is 24.3 Å². The summed E-state index contributed by atoms with van der Waals surface area (Å²) in [7, 11) is 0. The second kappa shape index (κ2) is 37.3. The molecular formula is C142H94N6O2. The molecule has 5 aromatic heterocycles. The first-order valence-corrected chi connectivity index (χ1v) is 51.2. The van der Waals surface area contributed by atoms with E-state index >= 15 is 0 Å². The number of hydrogen-bond donors (Lipinski definition) is 0. The highest BCUT2D eigenvalue weighted by Gasteiger charge is 2.27. The van der Waals surface area contributed by atoms with Gasteiger partial charge in [-0.05, 0) is 270 Å². The van der Waals surface area contributed by atoms with E-state index < -0.39 is 0 Å². The van der Waals surface area contributed by atoms with Crippen LogP contribution in [0.3, 0.4) is 0 Å². The van der Waals surface area contributed by atoms with Crippen molar-refractivity contribution in [1.82, 2.24) is 13.7 Å². The molecule has 0 atom stereocenters. The van der Waals surface area contributed by atoms with Crippen LogP contribution in [0.15, 0.2) is 579 Å². The van der Waals surface area contributed by atoms with E-state index in [4.69, 9.17) is 8.83 Å². The number of furan rings is 2. The fourth-order valence-corrected chi connectivity index (χ4v) is 22.7. The molecule has 8 heteroatoms. The van der Waals surface area contributed by atoms with Crippen molar-refractivity contribution in [2.75, 3.05) is 14.7 Å². The van der Waals surface area contributed by atoms with Gasteiger partial charge in [-0.2, -0.15) is 0 Å². The summed E-state index contributed by atoms with van der Waals surface area (Å²) in [4.78, 5) is 7.10. The first-order valence-electron chi connectivity index (χ1n) is 51.2. The van der Waals surface area contributed by atoms with Gasteiger partial charge in [0.1, 0.15) is 22.3 Å². The Hall–Kier alpha value is -20.1. The monoisotopic (exact) mass is 1910 g/mol. The fraction of sp³-hybridized carbons (Fsp3) is 0. The molecule has 8 nitrogen and oxygen atoms in total. The number of anilines is 9. The van der Waals surface area contributed by atoms with E-state index in [0.717, 1.165) is 129 Å². The molecule has 0 aliphatic heterocycles. The van der Waals surface area contributed by atoms with Gasteiger partial charge in [0.15, 0.2) is 0 Å². The zero-order valence-corrected chi connectivity index (χ0v) is 81.8. The lowest BCUT2D eigenvalue weighted by atomic mass is 10.0. The SMILES string of the molecule is c1ccc(-c2ccc(N(c3ccc4c(c3)oc3ccccc34)c3ccc4c5cc6ccccc6cc5n(-c5ccccc5)c4c3)cc2)cc1.c1ccc(-c2ccc(N(c3ccc4c5cc6ccccc6cc5n(-c5ccccc5)c4c3)c3ccccc3-c3ccccc3)cc2)cc1.c1ccc(-c2cccc(N(c3ccc4c(c3)oc3ccccc34)c3ccc4c5cc6ccccc6cc5n(-c5ccc6ccccc6c5)c4c3)c2)cc1. The molecule has 0 unspecified atom stereocenters. The third-order valence-corrected chi connectivity index (χ3v) is 29.8. The van der Waals surface area contributed by atoms with Crippen molar-refractivity contribution in [2.24, 2.45) is 0 Å². The van der Waals surface area contributed by atoms with Gasteiger partial charge in [0.05, 0.1) is 38.8 Å². The van der Waals surface area contributed by atoms with Gasteiger partial charge in [-0.3, -0.25) is 0 Å². The summed E-state index contributed by atoms with van der Waals surface area (Å²) in [5.74, 6) is 0. The highest BCUT2D eigenvalue weighted by atomic mass is 16.3. The van der Waals surface area contributed by atoms with Crippen LogP contribution in [0.2, 0.25) is 0 Å². The Kier molecular flexibility index (Phi) is 21.8. The average molecular weight is 1920 g/mol. The standard InChI is InChI=1S/C50H32N2O.C46H30N2O.C46H32N2/c1-2-11-33(12-3-1)36-17-10-18-39(27-36)51(42-24-26-45-44-19-8-9-20-49(44)53-50(45)32-42)41-23-25-43-46-29-37-15-6-7-16-38(37)30-47(46)52(48(43)31-41)40-22-21-34-13-4-5-14-35(34)28-40;1-3-11-31(12-4-1)32-19-21-36(22-20-32)47(38-24-26-41-40-17-9-10-18-45(40)49-46(41)30-38)37-23-25-39-42-27-33-13-7-8-14-34(33)28-43(42)48(44(39)29-37)35-15-5-2-6-16-35;1-4-14-33(15-5-1)34-24-26-39(27-25-34)47(44-23-13-12-22-41(44)35-16-6-2-7-17-35)40-28-29-42-43-30-36-18-10-11-19-37(36)31-45(43)48(46(42)32-40)38-20-8-3-9-21-38/h1-32H;1-30H;1-32H. The van der Waals surface area contributed by atoms with Gasteiger partial charge in [0.25, 0.3) is 0 Å². The molecule has 0 radical (unpaired) electrons. The predicted octanol–water partition coefficient (Wildman–Crippen LogP) is 39.8. The topological polar surface area (TPSA) is 50.8 Å². The van der Waals surface area contributed by atoms with Gasteiger partial charge in [-0.1, -0.05) is 370 Å². The number of aromatic nitrogens is 3. The van der Waals surface area contributed by atoms with Crippen LogP contribution in [-0.2, 0) is 0 Å². The van der Waals surface area contributed by atoms with Crippen molar-refractivity contribution in [3.63, 3.8) is 0 Å². The average Bonchev–Trinajstić information content (AvgIpc) is 1.57. The lowest BCUT2D eigenvalue weighted by Crippen LogP contribution is -2.11. The van der Waals surface area contributed by atoms with E-state index in [1.54, 1.807) is 0 Å². The van der Waals surface area contributed by atoms with E-state index in [2.05, 4.69) is 574 Å². The summed E-state index contributed by atoms with van der Waals surface area (Å²) in [5.41, 5.74) is 33.2. The zero-order valence-electron chi connectivity index (χ0n) is 81.8. The molecule has 0 aliphatic rings. The summed E-state index contributed by atoms with van der Waals surface area (Å²) < 4.78 is 20.1. The molecule has 0 amide bonds. The molecular weight excluding hydrogens is 1820 g/mol. The smallest absolute Gasteiger partial charge is 0.137 e. The number of para-hydroxylation sites is 5. The predicted molar refractivity (Wildman–Crippen MR) is 633 cm³/mol. The normalized spacial score (nSPS) is 11.6. The van der Waals surface area contributed by atoms with Gasteiger partial charge in [0.2, 0.25) is 0 Å². The molecule has 30 rings (SSSR count).